The molecule has 0 amide bonds. The van der Waals surface area contributed by atoms with Crippen molar-refractivity contribution in [3.8, 4) is 17.2 Å². The van der Waals surface area contributed by atoms with Crippen LogP contribution in [0.3, 0.4) is 0 Å². The molecular formula is C12H16O4. The van der Waals surface area contributed by atoms with Gasteiger partial charge in [0.1, 0.15) is 0 Å². The Kier molecular flexibility index (Phi) is 4.19. The van der Waals surface area contributed by atoms with E-state index in [0.29, 0.717) is 22.8 Å². The molecule has 1 atom stereocenters. The highest BCUT2D eigenvalue weighted by atomic mass is 16.5. The third-order valence-corrected chi connectivity index (χ3v) is 2.25. The number of ether oxygens (including phenoxy) is 3. The van der Waals surface area contributed by atoms with Crippen LogP contribution in [0.4, 0.5) is 0 Å². The predicted molar refractivity (Wildman–Crippen MR) is 61.3 cm³/mol. The van der Waals surface area contributed by atoms with E-state index in [1.807, 2.05) is 0 Å². The maximum Gasteiger partial charge on any atom is 0.203 e. The molecule has 0 fully saturated rings. The normalized spacial score (nSPS) is 11.8. The van der Waals surface area contributed by atoms with Crippen LogP contribution in [0.15, 0.2) is 24.8 Å². The SMILES string of the molecule is C=C[C@H](O)c1cc(OC)c(OC)c(OC)c1. The molecule has 0 aliphatic rings. The third-order valence-electron chi connectivity index (χ3n) is 2.25. The van der Waals surface area contributed by atoms with Gasteiger partial charge in [0, 0.05) is 0 Å². The monoisotopic (exact) mass is 224 g/mol. The van der Waals surface area contributed by atoms with Gasteiger partial charge in [0.25, 0.3) is 0 Å². The summed E-state index contributed by atoms with van der Waals surface area (Å²) >= 11 is 0. The van der Waals surface area contributed by atoms with Gasteiger partial charge in [0.15, 0.2) is 11.5 Å². The molecule has 88 valence electrons. The molecule has 4 heteroatoms. The lowest BCUT2D eigenvalue weighted by Crippen LogP contribution is -1.99. The summed E-state index contributed by atoms with van der Waals surface area (Å²) in [5.74, 6) is 1.53. The van der Waals surface area contributed by atoms with Gasteiger partial charge in [-0.05, 0) is 17.7 Å². The van der Waals surface area contributed by atoms with E-state index in [0.717, 1.165) is 0 Å². The Bertz CT molecular complexity index is 348. The first kappa shape index (κ1) is 12.4. The van der Waals surface area contributed by atoms with Gasteiger partial charge < -0.3 is 19.3 Å². The van der Waals surface area contributed by atoms with Crippen LogP contribution >= 0.6 is 0 Å². The Morgan fingerprint density at radius 2 is 1.62 bits per heavy atom. The van der Waals surface area contributed by atoms with E-state index in [9.17, 15) is 5.11 Å². The van der Waals surface area contributed by atoms with Crippen LogP contribution in [0.5, 0.6) is 17.2 Å². The van der Waals surface area contributed by atoms with Gasteiger partial charge in [-0.3, -0.25) is 0 Å². The van der Waals surface area contributed by atoms with Crippen molar-refractivity contribution < 1.29 is 19.3 Å². The molecule has 1 rings (SSSR count). The Labute approximate surface area is 95.1 Å². The van der Waals surface area contributed by atoms with Crippen LogP contribution in [0, 0.1) is 0 Å². The molecule has 16 heavy (non-hydrogen) atoms. The molecule has 4 nitrogen and oxygen atoms in total. The Hall–Kier alpha value is -1.68. The summed E-state index contributed by atoms with van der Waals surface area (Å²) in [6.07, 6.45) is 0.675. The Balaban J connectivity index is 3.30. The zero-order valence-corrected chi connectivity index (χ0v) is 9.69. The maximum atomic E-state index is 9.66. The Morgan fingerprint density at radius 3 is 1.94 bits per heavy atom. The zero-order valence-electron chi connectivity index (χ0n) is 9.69. The molecule has 1 N–H and O–H groups in total. The summed E-state index contributed by atoms with van der Waals surface area (Å²) in [6.45, 7) is 3.53. The Morgan fingerprint density at radius 1 is 1.12 bits per heavy atom. The summed E-state index contributed by atoms with van der Waals surface area (Å²) in [4.78, 5) is 0. The average Bonchev–Trinajstić information content (AvgIpc) is 2.35. The van der Waals surface area contributed by atoms with Crippen LogP contribution in [0.2, 0.25) is 0 Å². The van der Waals surface area contributed by atoms with Crippen LogP contribution < -0.4 is 14.2 Å². The highest BCUT2D eigenvalue weighted by Gasteiger charge is 2.15. The lowest BCUT2D eigenvalue weighted by molar-refractivity contribution is 0.227. The molecule has 1 aromatic carbocycles. The molecule has 0 unspecified atom stereocenters. The van der Waals surface area contributed by atoms with E-state index in [4.69, 9.17) is 14.2 Å². The second-order valence-electron chi connectivity index (χ2n) is 3.14. The topological polar surface area (TPSA) is 47.9 Å². The fourth-order valence-electron chi connectivity index (χ4n) is 1.41. The highest BCUT2D eigenvalue weighted by Crippen LogP contribution is 2.39. The molecular weight excluding hydrogens is 208 g/mol. The molecule has 1 aromatic rings. The molecule has 0 spiro atoms. The van der Waals surface area contributed by atoms with Crippen molar-refractivity contribution in [1.82, 2.24) is 0 Å². The minimum Gasteiger partial charge on any atom is -0.493 e. The van der Waals surface area contributed by atoms with E-state index in [-0.39, 0.29) is 0 Å². The van der Waals surface area contributed by atoms with Crippen molar-refractivity contribution in [2.45, 2.75) is 6.10 Å². The van der Waals surface area contributed by atoms with Gasteiger partial charge in [-0.15, -0.1) is 6.58 Å². The largest absolute Gasteiger partial charge is 0.493 e. The maximum absolute atomic E-state index is 9.66. The number of aliphatic hydroxyl groups excluding tert-OH is 1. The lowest BCUT2D eigenvalue weighted by atomic mass is 10.1. The zero-order chi connectivity index (χ0) is 12.1. The van der Waals surface area contributed by atoms with Gasteiger partial charge >= 0.3 is 0 Å². The first-order valence-electron chi connectivity index (χ1n) is 4.78. The fraction of sp³-hybridized carbons (Fsp3) is 0.333. The molecule has 0 saturated heterocycles. The highest BCUT2D eigenvalue weighted by molar-refractivity contribution is 5.54. The van der Waals surface area contributed by atoms with Crippen molar-refractivity contribution in [3.63, 3.8) is 0 Å². The average molecular weight is 224 g/mol. The lowest BCUT2D eigenvalue weighted by Gasteiger charge is -2.15. The van der Waals surface area contributed by atoms with Crippen LogP contribution in [0.1, 0.15) is 11.7 Å². The first-order valence-corrected chi connectivity index (χ1v) is 4.78. The van der Waals surface area contributed by atoms with Crippen molar-refractivity contribution in [1.29, 1.82) is 0 Å². The molecule has 0 heterocycles. The molecule has 0 aliphatic heterocycles. The van der Waals surface area contributed by atoms with Gasteiger partial charge in [0.2, 0.25) is 5.75 Å². The number of benzene rings is 1. The van der Waals surface area contributed by atoms with Gasteiger partial charge in [-0.1, -0.05) is 6.08 Å². The third kappa shape index (κ3) is 2.28. The molecule has 0 bridgehead atoms. The van der Waals surface area contributed by atoms with Crippen molar-refractivity contribution in [2.75, 3.05) is 21.3 Å². The standard InChI is InChI=1S/C12H16O4/c1-5-9(13)8-6-10(14-2)12(16-4)11(7-8)15-3/h5-7,9,13H,1H2,2-4H3/t9-/m0/s1. The smallest absolute Gasteiger partial charge is 0.203 e. The van der Waals surface area contributed by atoms with E-state index in [1.165, 1.54) is 27.4 Å². The van der Waals surface area contributed by atoms with Crippen LogP contribution in [-0.2, 0) is 0 Å². The van der Waals surface area contributed by atoms with Crippen molar-refractivity contribution in [2.24, 2.45) is 0 Å². The summed E-state index contributed by atoms with van der Waals surface area (Å²) in [5, 5.41) is 9.66. The number of aliphatic hydroxyl groups is 1. The van der Waals surface area contributed by atoms with Crippen molar-refractivity contribution in [3.05, 3.63) is 30.4 Å². The molecule has 0 radical (unpaired) electrons. The molecule has 0 aromatic heterocycles. The first-order chi connectivity index (χ1) is 7.67. The number of methoxy groups -OCH3 is 3. The molecule has 0 aliphatic carbocycles. The van der Waals surface area contributed by atoms with Gasteiger partial charge in [-0.2, -0.15) is 0 Å². The summed E-state index contributed by atoms with van der Waals surface area (Å²) in [6, 6.07) is 3.38. The van der Waals surface area contributed by atoms with Gasteiger partial charge in [0.05, 0.1) is 27.4 Å². The van der Waals surface area contributed by atoms with E-state index in [1.54, 1.807) is 12.1 Å². The second-order valence-corrected chi connectivity index (χ2v) is 3.14. The second kappa shape index (κ2) is 5.42. The fourth-order valence-corrected chi connectivity index (χ4v) is 1.41. The summed E-state index contributed by atoms with van der Waals surface area (Å²) in [5.41, 5.74) is 0.643. The van der Waals surface area contributed by atoms with E-state index < -0.39 is 6.10 Å². The predicted octanol–water partition coefficient (Wildman–Crippen LogP) is 1.93. The van der Waals surface area contributed by atoms with Gasteiger partial charge in [-0.25, -0.2) is 0 Å². The quantitative estimate of drug-likeness (QED) is 0.776. The van der Waals surface area contributed by atoms with Crippen molar-refractivity contribution >= 4 is 0 Å². The minimum absolute atomic E-state index is 0.505. The van der Waals surface area contributed by atoms with Crippen LogP contribution in [0.25, 0.3) is 0 Å². The van der Waals surface area contributed by atoms with E-state index in [2.05, 4.69) is 6.58 Å². The van der Waals surface area contributed by atoms with E-state index >= 15 is 0 Å². The number of hydrogen-bond donors (Lipinski definition) is 1. The van der Waals surface area contributed by atoms with Crippen LogP contribution in [-0.4, -0.2) is 26.4 Å². The summed E-state index contributed by atoms with van der Waals surface area (Å²) in [7, 11) is 4.59. The number of hydrogen-bond acceptors (Lipinski definition) is 4. The minimum atomic E-state index is -0.756. The molecule has 0 saturated carbocycles. The number of rotatable bonds is 5. The summed E-state index contributed by atoms with van der Waals surface area (Å²) < 4.78 is 15.5.